The summed E-state index contributed by atoms with van der Waals surface area (Å²) in [5.41, 5.74) is 8.28. The number of rotatable bonds is 3. The molecule has 3 nitrogen and oxygen atoms in total. The van der Waals surface area contributed by atoms with Crippen molar-refractivity contribution in [2.45, 2.75) is 19.4 Å². The van der Waals surface area contributed by atoms with Gasteiger partial charge in [-0.25, -0.2) is 4.98 Å². The lowest BCUT2D eigenvalue weighted by atomic mass is 9.98. The SMILES string of the molecule is Cc1ccnc(N)c1C(O)Cc1ccc(Cl)c(Cl)c1. The van der Waals surface area contributed by atoms with Crippen LogP contribution in [0.3, 0.4) is 0 Å². The average molecular weight is 297 g/mol. The molecule has 0 fully saturated rings. The summed E-state index contributed by atoms with van der Waals surface area (Å²) in [7, 11) is 0. The van der Waals surface area contributed by atoms with Crippen molar-refractivity contribution in [3.05, 3.63) is 57.2 Å². The maximum Gasteiger partial charge on any atom is 0.129 e. The third kappa shape index (κ3) is 3.18. The number of nitrogens with zero attached hydrogens (tertiary/aromatic N) is 1. The minimum atomic E-state index is -0.717. The van der Waals surface area contributed by atoms with Gasteiger partial charge in [0.1, 0.15) is 5.82 Å². The van der Waals surface area contributed by atoms with E-state index in [1.54, 1.807) is 18.3 Å². The van der Waals surface area contributed by atoms with Crippen LogP contribution in [0.1, 0.15) is 22.8 Å². The molecular weight excluding hydrogens is 283 g/mol. The number of aliphatic hydroxyl groups excluding tert-OH is 1. The molecule has 2 rings (SSSR count). The van der Waals surface area contributed by atoms with Crippen LogP contribution in [0.5, 0.6) is 0 Å². The quantitative estimate of drug-likeness (QED) is 0.910. The molecule has 0 spiro atoms. The van der Waals surface area contributed by atoms with Crippen molar-refractivity contribution in [1.29, 1.82) is 0 Å². The fourth-order valence-corrected chi connectivity index (χ4v) is 2.34. The van der Waals surface area contributed by atoms with Crippen molar-refractivity contribution in [2.75, 3.05) is 5.73 Å². The Morgan fingerprint density at radius 3 is 2.63 bits per heavy atom. The van der Waals surface area contributed by atoms with E-state index in [2.05, 4.69) is 4.98 Å². The number of aromatic nitrogens is 1. The Morgan fingerprint density at radius 2 is 2.00 bits per heavy atom. The molecule has 0 bridgehead atoms. The summed E-state index contributed by atoms with van der Waals surface area (Å²) in [4.78, 5) is 4.00. The molecule has 0 aliphatic heterocycles. The Kier molecular flexibility index (Phi) is 4.30. The number of aryl methyl sites for hydroxylation is 1. The lowest BCUT2D eigenvalue weighted by Crippen LogP contribution is -2.08. The largest absolute Gasteiger partial charge is 0.388 e. The molecule has 1 heterocycles. The standard InChI is InChI=1S/C14H14Cl2N2O/c1-8-4-5-18-14(17)13(8)12(19)7-9-2-3-10(15)11(16)6-9/h2-6,12,19H,7H2,1H3,(H2,17,18). The maximum atomic E-state index is 10.3. The summed E-state index contributed by atoms with van der Waals surface area (Å²) in [6.07, 6.45) is 1.32. The molecule has 5 heteroatoms. The normalized spacial score (nSPS) is 12.4. The van der Waals surface area contributed by atoms with E-state index >= 15 is 0 Å². The number of benzene rings is 1. The van der Waals surface area contributed by atoms with E-state index in [0.29, 0.717) is 27.8 Å². The zero-order valence-corrected chi connectivity index (χ0v) is 11.9. The predicted molar refractivity (Wildman–Crippen MR) is 78.5 cm³/mol. The number of anilines is 1. The molecule has 2 aromatic rings. The van der Waals surface area contributed by atoms with Gasteiger partial charge in [0.15, 0.2) is 0 Å². The summed E-state index contributed by atoms with van der Waals surface area (Å²) in [5.74, 6) is 0.354. The fourth-order valence-electron chi connectivity index (χ4n) is 2.02. The van der Waals surface area contributed by atoms with Crippen molar-refractivity contribution < 1.29 is 5.11 Å². The van der Waals surface area contributed by atoms with Gasteiger partial charge in [0, 0.05) is 18.2 Å². The number of halogens is 2. The van der Waals surface area contributed by atoms with Gasteiger partial charge in [-0.2, -0.15) is 0 Å². The molecule has 3 N–H and O–H groups in total. The second kappa shape index (κ2) is 5.78. The van der Waals surface area contributed by atoms with Crippen LogP contribution in [0.2, 0.25) is 10.0 Å². The van der Waals surface area contributed by atoms with E-state index in [-0.39, 0.29) is 0 Å². The summed E-state index contributed by atoms with van der Waals surface area (Å²) >= 11 is 11.8. The Hall–Kier alpha value is -1.29. The van der Waals surface area contributed by atoms with Gasteiger partial charge in [-0.15, -0.1) is 0 Å². The summed E-state index contributed by atoms with van der Waals surface area (Å²) in [6.45, 7) is 1.89. The molecular formula is C14H14Cl2N2O. The predicted octanol–water partition coefficient (Wildman–Crippen LogP) is 3.56. The van der Waals surface area contributed by atoms with Gasteiger partial charge in [0.2, 0.25) is 0 Å². The molecule has 0 radical (unpaired) electrons. The third-order valence-electron chi connectivity index (χ3n) is 2.99. The van der Waals surface area contributed by atoms with E-state index in [0.717, 1.165) is 11.1 Å². The van der Waals surface area contributed by atoms with E-state index < -0.39 is 6.10 Å². The van der Waals surface area contributed by atoms with E-state index in [9.17, 15) is 5.11 Å². The summed E-state index contributed by atoms with van der Waals surface area (Å²) in [6, 6.07) is 7.11. The second-order valence-electron chi connectivity index (χ2n) is 4.40. The van der Waals surface area contributed by atoms with Crippen molar-refractivity contribution in [3.63, 3.8) is 0 Å². The highest BCUT2D eigenvalue weighted by molar-refractivity contribution is 6.42. The second-order valence-corrected chi connectivity index (χ2v) is 5.21. The molecule has 0 aliphatic carbocycles. The first-order valence-corrected chi connectivity index (χ1v) is 6.57. The first-order chi connectivity index (χ1) is 8.99. The molecule has 100 valence electrons. The van der Waals surface area contributed by atoms with Crippen LogP contribution in [0, 0.1) is 6.92 Å². The van der Waals surface area contributed by atoms with Crippen LogP contribution in [-0.2, 0) is 6.42 Å². The number of hydrogen-bond donors (Lipinski definition) is 2. The van der Waals surface area contributed by atoms with Crippen molar-refractivity contribution in [3.8, 4) is 0 Å². The number of aliphatic hydroxyl groups is 1. The van der Waals surface area contributed by atoms with Crippen LogP contribution in [-0.4, -0.2) is 10.1 Å². The summed E-state index contributed by atoms with van der Waals surface area (Å²) < 4.78 is 0. The van der Waals surface area contributed by atoms with Gasteiger partial charge in [-0.3, -0.25) is 0 Å². The van der Waals surface area contributed by atoms with Gasteiger partial charge < -0.3 is 10.8 Å². The molecule has 1 aromatic heterocycles. The minimum Gasteiger partial charge on any atom is -0.388 e. The molecule has 1 atom stereocenters. The summed E-state index contributed by atoms with van der Waals surface area (Å²) in [5, 5.41) is 11.3. The smallest absolute Gasteiger partial charge is 0.129 e. The monoisotopic (exact) mass is 296 g/mol. The molecule has 0 amide bonds. The van der Waals surface area contributed by atoms with Crippen molar-refractivity contribution in [2.24, 2.45) is 0 Å². The van der Waals surface area contributed by atoms with Gasteiger partial charge in [-0.1, -0.05) is 29.3 Å². The van der Waals surface area contributed by atoms with Gasteiger partial charge >= 0.3 is 0 Å². The minimum absolute atomic E-state index is 0.354. The third-order valence-corrected chi connectivity index (χ3v) is 3.72. The topological polar surface area (TPSA) is 59.1 Å². The molecule has 0 saturated heterocycles. The number of nitrogen functional groups attached to an aromatic ring is 1. The van der Waals surface area contributed by atoms with E-state index in [4.69, 9.17) is 28.9 Å². The number of hydrogen-bond acceptors (Lipinski definition) is 3. The van der Waals surface area contributed by atoms with Crippen LogP contribution in [0.25, 0.3) is 0 Å². The van der Waals surface area contributed by atoms with Gasteiger partial charge in [-0.05, 0) is 36.2 Å². The lowest BCUT2D eigenvalue weighted by molar-refractivity contribution is 0.178. The molecule has 19 heavy (non-hydrogen) atoms. The van der Waals surface area contributed by atoms with Crippen molar-refractivity contribution >= 4 is 29.0 Å². The van der Waals surface area contributed by atoms with Crippen LogP contribution in [0.15, 0.2) is 30.5 Å². The van der Waals surface area contributed by atoms with Crippen molar-refractivity contribution in [1.82, 2.24) is 4.98 Å². The van der Waals surface area contributed by atoms with E-state index in [1.807, 2.05) is 19.1 Å². The van der Waals surface area contributed by atoms with E-state index in [1.165, 1.54) is 0 Å². The Balaban J connectivity index is 2.25. The Labute approximate surface area is 122 Å². The van der Waals surface area contributed by atoms with Crippen LogP contribution in [0.4, 0.5) is 5.82 Å². The lowest BCUT2D eigenvalue weighted by Gasteiger charge is -2.15. The zero-order chi connectivity index (χ0) is 14.0. The van der Waals surface area contributed by atoms with Crippen LogP contribution >= 0.6 is 23.2 Å². The highest BCUT2D eigenvalue weighted by atomic mass is 35.5. The first-order valence-electron chi connectivity index (χ1n) is 5.82. The highest BCUT2D eigenvalue weighted by Crippen LogP contribution is 2.28. The van der Waals surface area contributed by atoms with Gasteiger partial charge in [0.05, 0.1) is 16.1 Å². The molecule has 1 aromatic carbocycles. The van der Waals surface area contributed by atoms with Gasteiger partial charge in [0.25, 0.3) is 0 Å². The fraction of sp³-hybridized carbons (Fsp3) is 0.214. The number of nitrogens with two attached hydrogens (primary N) is 1. The average Bonchev–Trinajstić information content (AvgIpc) is 2.33. The zero-order valence-electron chi connectivity index (χ0n) is 10.4. The molecule has 0 saturated carbocycles. The maximum absolute atomic E-state index is 10.3. The van der Waals surface area contributed by atoms with Crippen LogP contribution < -0.4 is 5.73 Å². The Morgan fingerprint density at radius 1 is 1.26 bits per heavy atom. The molecule has 0 aliphatic rings. The first kappa shape index (κ1) is 14.1. The Bertz CT molecular complexity index is 582. The number of pyridine rings is 1. The highest BCUT2D eigenvalue weighted by Gasteiger charge is 2.15. The molecule has 1 unspecified atom stereocenters.